The summed E-state index contributed by atoms with van der Waals surface area (Å²) < 4.78 is 42.1. The first-order valence-electron chi connectivity index (χ1n) is 8.52. The lowest BCUT2D eigenvalue weighted by Gasteiger charge is -2.33. The van der Waals surface area contributed by atoms with Gasteiger partial charge in [-0.25, -0.2) is 9.59 Å². The van der Waals surface area contributed by atoms with Crippen LogP contribution < -0.4 is 10.1 Å². The minimum Gasteiger partial charge on any atom is -0.480 e. The monoisotopic (exact) mass is 456 g/mol. The fourth-order valence-corrected chi connectivity index (χ4v) is 2.55. The van der Waals surface area contributed by atoms with Crippen LogP contribution >= 0.6 is 11.6 Å². The first-order valence-corrected chi connectivity index (χ1v) is 8.90. The van der Waals surface area contributed by atoms with Gasteiger partial charge in [-0.15, -0.1) is 0 Å². The van der Waals surface area contributed by atoms with Crippen LogP contribution in [0.3, 0.4) is 0 Å². The quantitative estimate of drug-likeness (QED) is 0.594. The second kappa shape index (κ2) is 11.6. The van der Waals surface area contributed by atoms with Crippen LogP contribution in [0.4, 0.5) is 18.9 Å². The van der Waals surface area contributed by atoms with Gasteiger partial charge in [-0.3, -0.25) is 9.69 Å². The average Bonchev–Trinajstić information content (AvgIpc) is 2.66. The smallest absolute Gasteiger partial charge is 0.480 e. The molecule has 2 rings (SSSR count). The molecular formula is C17H20ClF3N2O7. The Bertz CT molecular complexity index is 761. The van der Waals surface area contributed by atoms with Crippen molar-refractivity contribution in [2.45, 2.75) is 19.1 Å². The maximum absolute atomic E-state index is 12.4. The Hall–Kier alpha value is -2.57. The zero-order valence-corrected chi connectivity index (χ0v) is 16.5. The van der Waals surface area contributed by atoms with Crippen molar-refractivity contribution >= 4 is 35.1 Å². The molecule has 1 unspecified atom stereocenters. The highest BCUT2D eigenvalue weighted by molar-refractivity contribution is 6.32. The van der Waals surface area contributed by atoms with Crippen molar-refractivity contribution in [2.75, 3.05) is 38.2 Å². The van der Waals surface area contributed by atoms with Crippen LogP contribution in [0.1, 0.15) is 6.92 Å². The number of nitrogens with zero attached hydrogens (tertiary/aromatic N) is 1. The maximum atomic E-state index is 12.4. The molecule has 1 saturated heterocycles. The predicted octanol–water partition coefficient (Wildman–Crippen LogP) is 2.10. The standard InChI is InChI=1S/C15H19ClN2O5.C2HF3O2/c1-2-18-5-6-22-8-12(18)15(21)17-10-3-4-13(11(16)7-10)23-9-14(19)20;3-2(4,5)1(6)7/h3-4,7,12H,2,5-6,8-9H2,1H3,(H,17,21)(H,19,20);(H,6,7). The third kappa shape index (κ3) is 8.43. The number of rotatable bonds is 6. The van der Waals surface area contributed by atoms with Crippen molar-refractivity contribution in [1.29, 1.82) is 0 Å². The number of carboxylic acids is 2. The predicted molar refractivity (Wildman–Crippen MR) is 98.8 cm³/mol. The topological polar surface area (TPSA) is 125 Å². The number of amides is 1. The fourth-order valence-electron chi connectivity index (χ4n) is 2.32. The number of hydrogen-bond acceptors (Lipinski definition) is 6. The molecule has 0 aromatic heterocycles. The lowest BCUT2D eigenvalue weighted by atomic mass is 10.2. The number of anilines is 1. The summed E-state index contributed by atoms with van der Waals surface area (Å²) in [5, 5.41) is 18.7. The Morgan fingerprint density at radius 1 is 1.33 bits per heavy atom. The van der Waals surface area contributed by atoms with Crippen molar-refractivity contribution in [3.8, 4) is 5.75 Å². The van der Waals surface area contributed by atoms with Gasteiger partial charge in [-0.1, -0.05) is 18.5 Å². The SMILES string of the molecule is CCN1CCOCC1C(=O)Nc1ccc(OCC(=O)O)c(Cl)c1.O=C(O)C(F)(F)F. The Kier molecular flexibility index (Phi) is 9.82. The molecule has 168 valence electrons. The van der Waals surface area contributed by atoms with Crippen LogP contribution in [-0.2, 0) is 19.1 Å². The van der Waals surface area contributed by atoms with Gasteiger partial charge < -0.3 is 25.0 Å². The van der Waals surface area contributed by atoms with Crippen LogP contribution in [0, 0.1) is 0 Å². The van der Waals surface area contributed by atoms with Crippen molar-refractivity contribution < 1.29 is 47.2 Å². The molecule has 9 nitrogen and oxygen atoms in total. The number of morpholine rings is 1. The van der Waals surface area contributed by atoms with Gasteiger partial charge in [0.2, 0.25) is 5.91 Å². The largest absolute Gasteiger partial charge is 0.490 e. The third-order valence-corrected chi connectivity index (χ3v) is 4.04. The molecule has 1 amide bonds. The van der Waals surface area contributed by atoms with Crippen LogP contribution in [0.2, 0.25) is 5.02 Å². The Balaban J connectivity index is 0.000000553. The van der Waals surface area contributed by atoms with Gasteiger partial charge in [0.15, 0.2) is 6.61 Å². The number of benzene rings is 1. The van der Waals surface area contributed by atoms with E-state index in [4.69, 9.17) is 36.1 Å². The molecular weight excluding hydrogens is 437 g/mol. The van der Waals surface area contributed by atoms with Gasteiger partial charge in [0.05, 0.1) is 18.2 Å². The van der Waals surface area contributed by atoms with Crippen molar-refractivity contribution in [3.63, 3.8) is 0 Å². The first kappa shape index (κ1) is 25.5. The summed E-state index contributed by atoms with van der Waals surface area (Å²) in [5.74, 6) is -3.76. The number of likely N-dealkylation sites (N-methyl/N-ethyl adjacent to an activating group) is 1. The Morgan fingerprint density at radius 2 is 1.97 bits per heavy atom. The number of carbonyl (C=O) groups is 3. The second-order valence-corrected chi connectivity index (χ2v) is 6.25. The van der Waals surface area contributed by atoms with E-state index >= 15 is 0 Å². The van der Waals surface area contributed by atoms with E-state index in [2.05, 4.69) is 5.32 Å². The second-order valence-electron chi connectivity index (χ2n) is 5.84. The summed E-state index contributed by atoms with van der Waals surface area (Å²) in [6.45, 7) is 3.99. The van der Waals surface area contributed by atoms with Crippen LogP contribution in [0.5, 0.6) is 5.75 Å². The number of hydrogen-bond donors (Lipinski definition) is 3. The highest BCUT2D eigenvalue weighted by atomic mass is 35.5. The normalized spacial score (nSPS) is 16.8. The number of carbonyl (C=O) groups excluding carboxylic acids is 1. The summed E-state index contributed by atoms with van der Waals surface area (Å²) in [4.78, 5) is 33.8. The van der Waals surface area contributed by atoms with E-state index in [1.54, 1.807) is 6.07 Å². The van der Waals surface area contributed by atoms with Gasteiger partial charge >= 0.3 is 18.1 Å². The van der Waals surface area contributed by atoms with Crippen LogP contribution in [-0.4, -0.2) is 78.1 Å². The number of alkyl halides is 3. The summed E-state index contributed by atoms with van der Waals surface area (Å²) in [6.07, 6.45) is -5.08. The van der Waals surface area contributed by atoms with E-state index in [0.717, 1.165) is 13.1 Å². The molecule has 1 aromatic rings. The lowest BCUT2D eigenvalue weighted by molar-refractivity contribution is -0.192. The van der Waals surface area contributed by atoms with E-state index in [1.807, 2.05) is 11.8 Å². The molecule has 0 saturated carbocycles. The van der Waals surface area contributed by atoms with Gasteiger partial charge in [-0.2, -0.15) is 13.2 Å². The zero-order valence-electron chi connectivity index (χ0n) is 15.7. The van der Waals surface area contributed by atoms with Crippen LogP contribution in [0.25, 0.3) is 0 Å². The number of carboxylic acid groups (broad SMARTS) is 2. The molecule has 1 heterocycles. The summed E-state index contributed by atoms with van der Waals surface area (Å²) in [7, 11) is 0. The molecule has 3 N–H and O–H groups in total. The zero-order chi connectivity index (χ0) is 22.9. The highest BCUT2D eigenvalue weighted by Crippen LogP contribution is 2.28. The average molecular weight is 457 g/mol. The van der Waals surface area contributed by atoms with E-state index in [-0.39, 0.29) is 22.7 Å². The van der Waals surface area contributed by atoms with Gasteiger partial charge in [0.25, 0.3) is 0 Å². The van der Waals surface area contributed by atoms with Crippen LogP contribution in [0.15, 0.2) is 18.2 Å². The van der Waals surface area contributed by atoms with E-state index in [1.165, 1.54) is 12.1 Å². The highest BCUT2D eigenvalue weighted by Gasteiger charge is 2.38. The van der Waals surface area contributed by atoms with Crippen molar-refractivity contribution in [2.24, 2.45) is 0 Å². The summed E-state index contributed by atoms with van der Waals surface area (Å²) in [6, 6.07) is 4.32. The van der Waals surface area contributed by atoms with Crippen molar-refractivity contribution in [1.82, 2.24) is 4.90 Å². The number of halogens is 4. The third-order valence-electron chi connectivity index (χ3n) is 3.74. The minimum absolute atomic E-state index is 0.165. The van der Waals surface area contributed by atoms with E-state index in [0.29, 0.717) is 18.9 Å². The molecule has 0 aliphatic carbocycles. The fraction of sp³-hybridized carbons (Fsp3) is 0.471. The molecule has 1 aliphatic rings. The molecule has 1 fully saturated rings. The van der Waals surface area contributed by atoms with Gasteiger partial charge in [-0.05, 0) is 24.7 Å². The minimum atomic E-state index is -5.08. The van der Waals surface area contributed by atoms with Gasteiger partial charge in [0, 0.05) is 12.2 Å². The van der Waals surface area contributed by atoms with Crippen molar-refractivity contribution in [3.05, 3.63) is 23.2 Å². The Morgan fingerprint density at radius 3 is 2.47 bits per heavy atom. The molecule has 13 heteroatoms. The summed E-state index contributed by atoms with van der Waals surface area (Å²) in [5.41, 5.74) is 0.518. The molecule has 1 atom stereocenters. The first-order chi connectivity index (χ1) is 14.0. The molecule has 30 heavy (non-hydrogen) atoms. The Labute approximate surface area is 174 Å². The molecule has 0 bridgehead atoms. The molecule has 1 aliphatic heterocycles. The number of aliphatic carboxylic acids is 2. The van der Waals surface area contributed by atoms with Gasteiger partial charge in [0.1, 0.15) is 11.8 Å². The maximum Gasteiger partial charge on any atom is 0.490 e. The number of nitrogens with one attached hydrogen (secondary N) is 1. The molecule has 1 aromatic carbocycles. The number of ether oxygens (including phenoxy) is 2. The van der Waals surface area contributed by atoms with E-state index in [9.17, 15) is 22.8 Å². The summed E-state index contributed by atoms with van der Waals surface area (Å²) >= 11 is 6.03. The lowest BCUT2D eigenvalue weighted by Crippen LogP contribution is -2.51. The molecule has 0 radical (unpaired) electrons. The van der Waals surface area contributed by atoms with E-state index < -0.39 is 24.7 Å². The molecule has 0 spiro atoms.